The summed E-state index contributed by atoms with van der Waals surface area (Å²) >= 11 is 1.35. The molecule has 1 aliphatic rings. The largest absolute Gasteiger partial charge is 0.376 e. The maximum atomic E-state index is 12.4. The topological polar surface area (TPSA) is 133 Å². The maximum absolute atomic E-state index is 12.4. The van der Waals surface area contributed by atoms with E-state index in [9.17, 15) is 14.4 Å². The van der Waals surface area contributed by atoms with E-state index in [4.69, 9.17) is 4.74 Å². The Morgan fingerprint density at radius 3 is 2.80 bits per heavy atom. The van der Waals surface area contributed by atoms with E-state index in [0.29, 0.717) is 47.6 Å². The minimum absolute atomic E-state index is 0.0157. The molecule has 1 unspecified atom stereocenters. The van der Waals surface area contributed by atoms with Crippen LogP contribution in [0.1, 0.15) is 38.4 Å². The molecule has 2 N–H and O–H groups in total. The minimum Gasteiger partial charge on any atom is -0.376 e. The van der Waals surface area contributed by atoms with Crippen LogP contribution >= 0.6 is 11.8 Å². The van der Waals surface area contributed by atoms with Crippen LogP contribution in [0.3, 0.4) is 0 Å². The van der Waals surface area contributed by atoms with Crippen molar-refractivity contribution in [2.45, 2.75) is 62.7 Å². The van der Waals surface area contributed by atoms with Crippen molar-refractivity contribution >= 4 is 22.9 Å². The van der Waals surface area contributed by atoms with E-state index in [1.54, 1.807) is 16.2 Å². The van der Waals surface area contributed by atoms with E-state index >= 15 is 0 Å². The molecule has 0 amide bonds. The monoisotopic (exact) mass is 435 g/mol. The number of hydrogen-bond acceptors (Lipinski definition) is 7. The fraction of sp³-hybridized carbons (Fsp3) is 0.611. The Bertz CT molecular complexity index is 1210. The molecule has 0 aromatic carbocycles. The summed E-state index contributed by atoms with van der Waals surface area (Å²) in [5.41, 5.74) is -0.433. The number of hydrogen-bond donors (Lipinski definition) is 2. The van der Waals surface area contributed by atoms with Gasteiger partial charge in [0, 0.05) is 20.2 Å². The molecule has 1 saturated heterocycles. The van der Waals surface area contributed by atoms with Crippen molar-refractivity contribution in [2.75, 3.05) is 6.61 Å². The van der Waals surface area contributed by atoms with E-state index in [-0.39, 0.29) is 11.8 Å². The van der Waals surface area contributed by atoms with Crippen LogP contribution in [0, 0.1) is 0 Å². The lowest BCUT2D eigenvalue weighted by atomic mass is 10.2. The third-order valence-electron chi connectivity index (χ3n) is 5.30. The van der Waals surface area contributed by atoms with Gasteiger partial charge in [0.15, 0.2) is 16.3 Å². The maximum Gasteiger partial charge on any atom is 0.344 e. The van der Waals surface area contributed by atoms with Crippen LogP contribution in [-0.2, 0) is 30.6 Å². The average molecular weight is 436 g/mol. The zero-order chi connectivity index (χ0) is 21.3. The highest BCUT2D eigenvalue weighted by atomic mass is 32.2. The van der Waals surface area contributed by atoms with Gasteiger partial charge < -0.3 is 9.30 Å². The first-order valence-corrected chi connectivity index (χ1v) is 11.1. The predicted molar refractivity (Wildman–Crippen MR) is 112 cm³/mol. The van der Waals surface area contributed by atoms with Crippen LogP contribution < -0.4 is 16.9 Å². The lowest BCUT2D eigenvalue weighted by Crippen LogP contribution is -2.31. The lowest BCUT2D eigenvalue weighted by Gasteiger charge is -2.10. The Morgan fingerprint density at radius 1 is 1.23 bits per heavy atom. The summed E-state index contributed by atoms with van der Waals surface area (Å²) in [7, 11) is 1.75. The molecule has 3 aromatic rings. The van der Waals surface area contributed by atoms with Gasteiger partial charge in [0.2, 0.25) is 0 Å². The van der Waals surface area contributed by atoms with Gasteiger partial charge >= 0.3 is 11.4 Å². The molecule has 1 fully saturated rings. The molecule has 4 heterocycles. The van der Waals surface area contributed by atoms with Gasteiger partial charge in [-0.15, -0.1) is 5.10 Å². The van der Waals surface area contributed by atoms with Crippen molar-refractivity contribution in [2.24, 2.45) is 7.05 Å². The zero-order valence-corrected chi connectivity index (χ0v) is 17.8. The minimum atomic E-state index is -0.455. The quantitative estimate of drug-likeness (QED) is 0.495. The molecule has 0 aliphatic carbocycles. The third-order valence-corrected chi connectivity index (χ3v) is 6.28. The summed E-state index contributed by atoms with van der Waals surface area (Å²) in [6.45, 7) is 3.70. The fourth-order valence-corrected chi connectivity index (χ4v) is 4.58. The number of aromatic nitrogens is 7. The van der Waals surface area contributed by atoms with Crippen molar-refractivity contribution in [3.05, 3.63) is 37.1 Å². The van der Waals surface area contributed by atoms with E-state index in [0.717, 1.165) is 25.7 Å². The normalized spacial score (nSPS) is 16.7. The second-order valence-electron chi connectivity index (χ2n) is 7.37. The van der Waals surface area contributed by atoms with Crippen LogP contribution in [0.2, 0.25) is 0 Å². The van der Waals surface area contributed by atoms with Crippen LogP contribution in [0.15, 0.2) is 19.5 Å². The summed E-state index contributed by atoms with van der Waals surface area (Å²) < 4.78 is 10.4. The van der Waals surface area contributed by atoms with Gasteiger partial charge in [0.05, 0.1) is 18.4 Å². The molecule has 0 bridgehead atoms. The highest BCUT2D eigenvalue weighted by Gasteiger charge is 2.21. The molecule has 11 nitrogen and oxygen atoms in total. The summed E-state index contributed by atoms with van der Waals surface area (Å²) in [4.78, 5) is 43.7. The Balaban J connectivity index is 1.62. The summed E-state index contributed by atoms with van der Waals surface area (Å²) in [6, 6.07) is 0. The standard InChI is InChI=1S/C18H25N7O4S/c1-3-4-7-24-14-13(15(26)20-16(24)27)23(2)12(19-14)10-30-18-22-21-17(28)25(18)9-11-6-5-8-29-11/h11H,3-10H2,1-2H3,(H,21,28)(H,20,26,27). The molecule has 0 saturated carbocycles. The molecular formula is C18H25N7O4S. The van der Waals surface area contributed by atoms with Crippen LogP contribution in [0.25, 0.3) is 11.2 Å². The summed E-state index contributed by atoms with van der Waals surface area (Å²) in [5, 5.41) is 7.15. The lowest BCUT2D eigenvalue weighted by molar-refractivity contribution is 0.0941. The molecule has 4 rings (SSSR count). The van der Waals surface area contributed by atoms with Crippen LogP contribution in [0.4, 0.5) is 0 Å². The number of nitrogens with one attached hydrogen (secondary N) is 2. The van der Waals surface area contributed by atoms with Gasteiger partial charge in [-0.2, -0.15) is 0 Å². The van der Waals surface area contributed by atoms with E-state index in [1.165, 1.54) is 16.3 Å². The molecule has 30 heavy (non-hydrogen) atoms. The Kier molecular flexibility index (Phi) is 5.95. The average Bonchev–Trinajstić information content (AvgIpc) is 3.42. The van der Waals surface area contributed by atoms with Crippen molar-refractivity contribution in [1.29, 1.82) is 0 Å². The smallest absolute Gasteiger partial charge is 0.344 e. The van der Waals surface area contributed by atoms with Gasteiger partial charge in [-0.05, 0) is 19.3 Å². The molecule has 1 aliphatic heterocycles. The number of aromatic amines is 2. The first kappa shape index (κ1) is 20.7. The Hall–Kier alpha value is -2.60. The number of unbranched alkanes of at least 4 members (excludes halogenated alkanes) is 1. The number of imidazole rings is 1. The number of aryl methyl sites for hydroxylation is 2. The number of rotatable bonds is 8. The predicted octanol–water partition coefficient (Wildman–Crippen LogP) is 0.580. The van der Waals surface area contributed by atoms with Gasteiger partial charge in [-0.3, -0.25) is 18.9 Å². The van der Waals surface area contributed by atoms with E-state index in [1.807, 2.05) is 6.92 Å². The summed E-state index contributed by atoms with van der Waals surface area (Å²) in [6.07, 6.45) is 3.66. The van der Waals surface area contributed by atoms with Crippen LogP contribution in [0.5, 0.6) is 0 Å². The van der Waals surface area contributed by atoms with E-state index < -0.39 is 11.2 Å². The number of fused-ring (bicyclic) bond motifs is 1. The van der Waals surface area contributed by atoms with Gasteiger partial charge in [-0.25, -0.2) is 19.7 Å². The molecular weight excluding hydrogens is 410 g/mol. The second kappa shape index (κ2) is 8.64. The fourth-order valence-electron chi connectivity index (χ4n) is 3.64. The highest BCUT2D eigenvalue weighted by Crippen LogP contribution is 2.22. The first-order valence-electron chi connectivity index (χ1n) is 10.1. The Labute approximate surface area is 175 Å². The number of ether oxygens (including phenoxy) is 1. The molecule has 12 heteroatoms. The van der Waals surface area contributed by atoms with Gasteiger partial charge in [-0.1, -0.05) is 25.1 Å². The SMILES string of the molecule is CCCCn1c(=O)[nH]c(=O)c2c1nc(CSc1n[nH]c(=O)n1CC1CCCO1)n2C. The Morgan fingerprint density at radius 2 is 2.07 bits per heavy atom. The number of nitrogens with zero attached hydrogens (tertiary/aromatic N) is 5. The van der Waals surface area contributed by atoms with Crippen molar-refractivity contribution in [3.8, 4) is 0 Å². The molecule has 1 atom stereocenters. The molecule has 0 radical (unpaired) electrons. The third kappa shape index (κ3) is 3.88. The van der Waals surface area contributed by atoms with Gasteiger partial charge in [0.1, 0.15) is 5.82 Å². The molecule has 3 aromatic heterocycles. The first-order chi connectivity index (χ1) is 14.5. The molecule has 162 valence electrons. The summed E-state index contributed by atoms with van der Waals surface area (Å²) in [5.74, 6) is 1.01. The zero-order valence-electron chi connectivity index (χ0n) is 17.0. The van der Waals surface area contributed by atoms with E-state index in [2.05, 4.69) is 20.2 Å². The van der Waals surface area contributed by atoms with Crippen molar-refractivity contribution in [1.82, 2.24) is 33.9 Å². The molecule has 0 spiro atoms. The second-order valence-corrected chi connectivity index (χ2v) is 8.31. The van der Waals surface area contributed by atoms with Gasteiger partial charge in [0.25, 0.3) is 5.56 Å². The van der Waals surface area contributed by atoms with Crippen molar-refractivity contribution in [3.63, 3.8) is 0 Å². The number of thioether (sulfide) groups is 1. The number of H-pyrrole nitrogens is 2. The van der Waals surface area contributed by atoms with Crippen LogP contribution in [-0.4, -0.2) is 46.6 Å². The highest BCUT2D eigenvalue weighted by molar-refractivity contribution is 7.98. The van der Waals surface area contributed by atoms with Crippen molar-refractivity contribution < 1.29 is 4.74 Å².